The molecule has 16 heavy (non-hydrogen) atoms. The number of hydrogen-bond acceptors (Lipinski definition) is 4. The van der Waals surface area contributed by atoms with Gasteiger partial charge in [-0.15, -0.1) is 22.7 Å². The summed E-state index contributed by atoms with van der Waals surface area (Å²) in [6, 6.07) is 4.03. The number of carboxylic acids is 1. The number of aromatic carboxylic acids is 1. The highest BCUT2D eigenvalue weighted by atomic mass is 32.1. The average Bonchev–Trinajstić information content (AvgIpc) is 2.74. The molecule has 0 spiro atoms. The topological polar surface area (TPSA) is 63.3 Å². The maximum atomic E-state index is 11.0. The number of nitrogens with two attached hydrogens (primary N) is 1. The molecule has 2 rings (SSSR count). The fourth-order valence-corrected chi connectivity index (χ4v) is 3.58. The summed E-state index contributed by atoms with van der Waals surface area (Å²) >= 11 is 2.90. The Morgan fingerprint density at radius 3 is 2.44 bits per heavy atom. The number of hydrogen-bond donors (Lipinski definition) is 2. The number of carbonyl (C=O) groups is 1. The lowest BCUT2D eigenvalue weighted by molar-refractivity contribution is 0.0703. The number of thiophene rings is 2. The smallest absolute Gasteiger partial charge is 0.348 e. The Bertz CT molecular complexity index is 554. The van der Waals surface area contributed by atoms with E-state index in [1.165, 1.54) is 16.2 Å². The number of anilines is 1. The molecule has 2 heterocycles. The van der Waals surface area contributed by atoms with E-state index in [4.69, 9.17) is 10.8 Å². The van der Waals surface area contributed by atoms with Gasteiger partial charge in [0.05, 0.1) is 10.6 Å². The van der Waals surface area contributed by atoms with Crippen molar-refractivity contribution in [2.75, 3.05) is 5.73 Å². The third kappa shape index (κ3) is 1.72. The minimum absolute atomic E-state index is 0.235. The van der Waals surface area contributed by atoms with E-state index >= 15 is 0 Å². The Morgan fingerprint density at radius 1 is 1.31 bits per heavy atom. The van der Waals surface area contributed by atoms with Gasteiger partial charge in [0.15, 0.2) is 0 Å². The van der Waals surface area contributed by atoms with Gasteiger partial charge in [-0.25, -0.2) is 4.79 Å². The minimum Gasteiger partial charge on any atom is -0.477 e. The second-order valence-electron chi connectivity index (χ2n) is 3.51. The Labute approximate surface area is 101 Å². The van der Waals surface area contributed by atoms with Crippen molar-refractivity contribution in [3.63, 3.8) is 0 Å². The van der Waals surface area contributed by atoms with Crippen LogP contribution < -0.4 is 5.73 Å². The van der Waals surface area contributed by atoms with Crippen molar-refractivity contribution >= 4 is 34.3 Å². The molecule has 0 aromatic carbocycles. The first-order valence-corrected chi connectivity index (χ1v) is 6.33. The van der Waals surface area contributed by atoms with Crippen molar-refractivity contribution in [3.8, 4) is 9.75 Å². The van der Waals surface area contributed by atoms with Crippen molar-refractivity contribution in [2.45, 2.75) is 13.8 Å². The summed E-state index contributed by atoms with van der Waals surface area (Å²) in [6.45, 7) is 3.89. The first kappa shape index (κ1) is 11.2. The monoisotopic (exact) mass is 253 g/mol. The lowest BCUT2D eigenvalue weighted by Crippen LogP contribution is -1.97. The molecule has 2 aromatic rings. The van der Waals surface area contributed by atoms with Crippen LogP contribution in [0.4, 0.5) is 5.69 Å². The van der Waals surface area contributed by atoms with Gasteiger partial charge in [-0.3, -0.25) is 0 Å². The molecule has 0 amide bonds. The van der Waals surface area contributed by atoms with E-state index in [0.29, 0.717) is 5.69 Å². The summed E-state index contributed by atoms with van der Waals surface area (Å²) in [4.78, 5) is 14.4. The molecule has 0 aliphatic heterocycles. The zero-order valence-corrected chi connectivity index (χ0v) is 10.5. The first-order valence-electron chi connectivity index (χ1n) is 4.69. The van der Waals surface area contributed by atoms with Crippen LogP contribution in [0.5, 0.6) is 0 Å². The highest BCUT2D eigenvalue weighted by Crippen LogP contribution is 2.40. The maximum Gasteiger partial charge on any atom is 0.348 e. The minimum atomic E-state index is -0.954. The van der Waals surface area contributed by atoms with Gasteiger partial charge in [-0.05, 0) is 31.5 Å². The number of nitrogen functional groups attached to an aromatic ring is 1. The summed E-state index contributed by atoms with van der Waals surface area (Å²) in [5.41, 5.74) is 7.04. The van der Waals surface area contributed by atoms with Crippen LogP contribution in [-0.2, 0) is 0 Å². The van der Waals surface area contributed by atoms with Crippen LogP contribution in [0.25, 0.3) is 9.75 Å². The summed E-state index contributed by atoms with van der Waals surface area (Å²) in [5.74, 6) is -0.954. The normalized spacial score (nSPS) is 10.6. The molecule has 0 fully saturated rings. The molecule has 0 radical (unpaired) electrons. The number of aryl methyl sites for hydroxylation is 1. The molecule has 0 aliphatic rings. The largest absolute Gasteiger partial charge is 0.477 e. The Kier molecular flexibility index (Phi) is 2.73. The zero-order chi connectivity index (χ0) is 11.9. The van der Waals surface area contributed by atoms with Crippen molar-refractivity contribution in [1.29, 1.82) is 0 Å². The lowest BCUT2D eigenvalue weighted by Gasteiger charge is -1.94. The predicted octanol–water partition coefficient (Wildman–Crippen LogP) is 3.37. The van der Waals surface area contributed by atoms with Gasteiger partial charge in [-0.1, -0.05) is 0 Å². The Balaban J connectivity index is 2.58. The zero-order valence-electron chi connectivity index (χ0n) is 8.90. The highest BCUT2D eigenvalue weighted by Gasteiger charge is 2.19. The van der Waals surface area contributed by atoms with Crippen molar-refractivity contribution in [1.82, 2.24) is 0 Å². The van der Waals surface area contributed by atoms with E-state index < -0.39 is 5.97 Å². The van der Waals surface area contributed by atoms with E-state index in [9.17, 15) is 4.79 Å². The molecule has 0 saturated carbocycles. The summed E-state index contributed by atoms with van der Waals surface area (Å²) in [6.07, 6.45) is 0. The van der Waals surface area contributed by atoms with E-state index in [0.717, 1.165) is 15.3 Å². The fourth-order valence-electron chi connectivity index (χ4n) is 1.48. The van der Waals surface area contributed by atoms with Crippen molar-refractivity contribution in [3.05, 3.63) is 27.5 Å². The van der Waals surface area contributed by atoms with Crippen LogP contribution >= 0.6 is 22.7 Å². The van der Waals surface area contributed by atoms with Crippen LogP contribution in [0.1, 0.15) is 20.1 Å². The lowest BCUT2D eigenvalue weighted by atomic mass is 10.2. The molecule has 0 saturated heterocycles. The van der Waals surface area contributed by atoms with E-state index in [2.05, 4.69) is 0 Å². The van der Waals surface area contributed by atoms with Crippen LogP contribution in [-0.4, -0.2) is 11.1 Å². The molecular weight excluding hydrogens is 242 g/mol. The Morgan fingerprint density at radius 2 is 2.00 bits per heavy atom. The van der Waals surface area contributed by atoms with Gasteiger partial charge in [0.25, 0.3) is 0 Å². The third-order valence-corrected chi connectivity index (χ3v) is 4.83. The SMILES string of the molecule is Cc1ccc(-c2sc(C(=O)O)c(N)c2C)s1. The molecular formula is C11H11NO2S2. The van der Waals surface area contributed by atoms with Gasteiger partial charge in [-0.2, -0.15) is 0 Å². The third-order valence-electron chi connectivity index (χ3n) is 2.35. The quantitative estimate of drug-likeness (QED) is 0.862. The molecule has 0 aliphatic carbocycles. The van der Waals surface area contributed by atoms with Crippen LogP contribution in [0.15, 0.2) is 12.1 Å². The maximum absolute atomic E-state index is 11.0. The molecule has 84 valence electrons. The number of rotatable bonds is 2. The molecule has 2 aromatic heterocycles. The summed E-state index contributed by atoms with van der Waals surface area (Å²) in [7, 11) is 0. The molecule has 0 bridgehead atoms. The summed E-state index contributed by atoms with van der Waals surface area (Å²) in [5, 5.41) is 8.99. The van der Waals surface area contributed by atoms with E-state index in [1.54, 1.807) is 11.3 Å². The molecule has 3 nitrogen and oxygen atoms in total. The molecule has 3 N–H and O–H groups in total. The van der Waals surface area contributed by atoms with Crippen molar-refractivity contribution < 1.29 is 9.90 Å². The van der Waals surface area contributed by atoms with E-state index in [-0.39, 0.29) is 4.88 Å². The Hall–Kier alpha value is -1.33. The second-order valence-corrected chi connectivity index (χ2v) is 5.82. The van der Waals surface area contributed by atoms with Crippen LogP contribution in [0.2, 0.25) is 0 Å². The molecule has 5 heteroatoms. The van der Waals surface area contributed by atoms with Gasteiger partial charge in [0.1, 0.15) is 4.88 Å². The second kappa shape index (κ2) is 3.92. The average molecular weight is 253 g/mol. The van der Waals surface area contributed by atoms with Crippen LogP contribution in [0.3, 0.4) is 0 Å². The van der Waals surface area contributed by atoms with Gasteiger partial charge < -0.3 is 10.8 Å². The molecule has 0 unspecified atom stereocenters. The van der Waals surface area contributed by atoms with Crippen LogP contribution in [0, 0.1) is 13.8 Å². The fraction of sp³-hybridized carbons (Fsp3) is 0.182. The molecule has 0 atom stereocenters. The number of carboxylic acid groups (broad SMARTS) is 1. The standard InChI is InChI=1S/C11H11NO2S2/c1-5-3-4-7(15-5)9-6(2)8(12)10(16-9)11(13)14/h3-4H,12H2,1-2H3,(H,13,14). The van der Waals surface area contributed by atoms with Gasteiger partial charge in [0, 0.05) is 9.75 Å². The van der Waals surface area contributed by atoms with Crippen molar-refractivity contribution in [2.24, 2.45) is 0 Å². The van der Waals surface area contributed by atoms with Gasteiger partial charge >= 0.3 is 5.97 Å². The first-order chi connectivity index (χ1) is 7.50. The van der Waals surface area contributed by atoms with Gasteiger partial charge in [0.2, 0.25) is 0 Å². The van der Waals surface area contributed by atoms with E-state index in [1.807, 2.05) is 26.0 Å². The highest BCUT2D eigenvalue weighted by molar-refractivity contribution is 7.23. The summed E-state index contributed by atoms with van der Waals surface area (Å²) < 4.78 is 0. The predicted molar refractivity (Wildman–Crippen MR) is 68.5 cm³/mol.